The van der Waals surface area contributed by atoms with E-state index in [1.807, 2.05) is 66.6 Å². The predicted molar refractivity (Wildman–Crippen MR) is 164 cm³/mol. The van der Waals surface area contributed by atoms with E-state index >= 15 is 0 Å². The van der Waals surface area contributed by atoms with Gasteiger partial charge >= 0.3 is 0 Å². The van der Waals surface area contributed by atoms with Crippen LogP contribution >= 0.6 is 0 Å². The second-order valence-corrected chi connectivity index (χ2v) is 12.6. The van der Waals surface area contributed by atoms with Crippen molar-refractivity contribution in [1.29, 1.82) is 0 Å². The van der Waals surface area contributed by atoms with Crippen LogP contribution in [0.2, 0.25) is 0 Å². The number of nitrogens with zero attached hydrogens (tertiary/aromatic N) is 2. The molecule has 3 aromatic rings. The Bertz CT molecular complexity index is 1520. The summed E-state index contributed by atoms with van der Waals surface area (Å²) in [6, 6.07) is 22.7. The van der Waals surface area contributed by atoms with E-state index in [2.05, 4.69) is 30.0 Å². The molecule has 1 N–H and O–H groups in total. The van der Waals surface area contributed by atoms with E-state index in [1.54, 1.807) is 13.2 Å². The van der Waals surface area contributed by atoms with Crippen molar-refractivity contribution < 1.29 is 19.4 Å². The molecule has 6 nitrogen and oxygen atoms in total. The van der Waals surface area contributed by atoms with E-state index < -0.39 is 6.10 Å². The number of carbonyl (C=O) groups is 1. The molecule has 1 saturated carbocycles. The lowest BCUT2D eigenvalue weighted by Gasteiger charge is -2.60. The van der Waals surface area contributed by atoms with Gasteiger partial charge < -0.3 is 19.5 Å². The number of rotatable bonds is 7. The van der Waals surface area contributed by atoms with Gasteiger partial charge in [-0.05, 0) is 73.9 Å². The second kappa shape index (κ2) is 10.6. The van der Waals surface area contributed by atoms with Gasteiger partial charge in [0.15, 0.2) is 11.5 Å². The van der Waals surface area contributed by atoms with Gasteiger partial charge in [-0.15, -0.1) is 0 Å². The van der Waals surface area contributed by atoms with Gasteiger partial charge in [-0.1, -0.05) is 66.2 Å². The number of carbonyl (C=O) groups excluding carboxylic acids is 1. The fourth-order valence-corrected chi connectivity index (χ4v) is 8.60. The molecule has 2 aliphatic carbocycles. The van der Waals surface area contributed by atoms with Crippen molar-refractivity contribution in [1.82, 2.24) is 9.80 Å². The van der Waals surface area contributed by atoms with Gasteiger partial charge in [0.2, 0.25) is 5.91 Å². The van der Waals surface area contributed by atoms with E-state index in [0.29, 0.717) is 18.5 Å². The van der Waals surface area contributed by atoms with Crippen LogP contribution in [0.25, 0.3) is 6.08 Å². The molecule has 0 radical (unpaired) electrons. The summed E-state index contributed by atoms with van der Waals surface area (Å²) in [5.74, 6) is 2.05. The fraction of sp³-hybridized carbons (Fsp3) is 0.417. The first-order chi connectivity index (χ1) is 20.4. The lowest BCUT2D eigenvalue weighted by atomic mass is 9.51. The van der Waals surface area contributed by atoms with E-state index in [1.165, 1.54) is 16.7 Å². The number of likely N-dealkylation sites (N-methyl/N-ethyl adjacent to an activating group) is 1. The zero-order valence-electron chi connectivity index (χ0n) is 24.7. The number of hydrogen-bond donors (Lipinski definition) is 1. The Morgan fingerprint density at radius 2 is 2.00 bits per heavy atom. The maximum atomic E-state index is 13.5. The van der Waals surface area contributed by atoms with Crippen LogP contribution in [0.5, 0.6) is 11.5 Å². The van der Waals surface area contributed by atoms with Crippen LogP contribution in [0, 0.1) is 12.8 Å². The summed E-state index contributed by atoms with van der Waals surface area (Å²) in [5, 5.41) is 11.2. The highest BCUT2D eigenvalue weighted by atomic mass is 16.5. The lowest BCUT2D eigenvalue weighted by molar-refractivity contribution is -0.135. The number of methoxy groups -OCH3 is 1. The van der Waals surface area contributed by atoms with Gasteiger partial charge in [-0.2, -0.15) is 0 Å². The second-order valence-electron chi connectivity index (χ2n) is 12.6. The zero-order valence-corrected chi connectivity index (χ0v) is 24.7. The number of β-amino-alcohol motifs (C(OH)–C–C–N with tert-alkyl or cyclic N) is 1. The fourth-order valence-electron chi connectivity index (χ4n) is 8.60. The quantitative estimate of drug-likeness (QED) is 0.394. The summed E-state index contributed by atoms with van der Waals surface area (Å²) in [4.78, 5) is 18.0. The minimum absolute atomic E-state index is 0.00104. The van der Waals surface area contributed by atoms with Crippen LogP contribution in [0.4, 0.5) is 0 Å². The normalized spacial score (nSPS) is 28.2. The number of amides is 1. The van der Waals surface area contributed by atoms with Crippen LogP contribution < -0.4 is 9.47 Å². The third-order valence-electron chi connectivity index (χ3n) is 10.5. The van der Waals surface area contributed by atoms with Crippen molar-refractivity contribution in [3.63, 3.8) is 0 Å². The van der Waals surface area contributed by atoms with Crippen LogP contribution in [-0.2, 0) is 16.6 Å². The number of aryl methyl sites for hydroxylation is 1. The number of benzene rings is 3. The number of hydrogen-bond acceptors (Lipinski definition) is 5. The first kappa shape index (κ1) is 27.2. The van der Waals surface area contributed by atoms with Gasteiger partial charge in [0.1, 0.15) is 6.10 Å². The Kier molecular flexibility index (Phi) is 6.87. The predicted octanol–water partition coefficient (Wildman–Crippen LogP) is 5.32. The van der Waals surface area contributed by atoms with Crippen molar-refractivity contribution in [2.24, 2.45) is 5.92 Å². The average molecular weight is 565 g/mol. The summed E-state index contributed by atoms with van der Waals surface area (Å²) in [6.07, 6.45) is 6.73. The molecule has 4 aliphatic rings. The summed E-state index contributed by atoms with van der Waals surface area (Å²) in [6.45, 7) is 3.57. The van der Waals surface area contributed by atoms with Gasteiger partial charge in [0.25, 0.3) is 0 Å². The molecule has 1 spiro atoms. The molecule has 3 aromatic carbocycles. The largest absolute Gasteiger partial charge is 0.493 e. The highest BCUT2D eigenvalue weighted by molar-refractivity contribution is 5.92. The number of aliphatic hydroxyl groups excluding tert-OH is 1. The Labute approximate surface area is 248 Å². The SMILES string of the molecule is COc1ccc2c3c1O[C@H]1[C@H](N(C)C(=O)C=Cc4cccc(C)c4)CC[C@H]4[C@@H](C2)N(CC(O)c2ccccc2)CC[C@@]341. The molecule has 2 bridgehead atoms. The van der Waals surface area contributed by atoms with Crippen molar-refractivity contribution in [3.8, 4) is 11.5 Å². The Hall–Kier alpha value is -3.61. The zero-order chi connectivity index (χ0) is 29.0. The molecular weight excluding hydrogens is 524 g/mol. The number of likely N-dealkylation sites (tertiary alicyclic amines) is 1. The molecule has 42 heavy (non-hydrogen) atoms. The minimum atomic E-state index is -0.524. The molecule has 7 rings (SSSR count). The van der Waals surface area contributed by atoms with Crippen LogP contribution in [-0.4, -0.2) is 66.2 Å². The minimum Gasteiger partial charge on any atom is -0.493 e. The summed E-state index contributed by atoms with van der Waals surface area (Å²) < 4.78 is 12.8. The van der Waals surface area contributed by atoms with Gasteiger partial charge in [-0.25, -0.2) is 0 Å². The van der Waals surface area contributed by atoms with E-state index in [9.17, 15) is 9.90 Å². The van der Waals surface area contributed by atoms with E-state index in [0.717, 1.165) is 54.9 Å². The Morgan fingerprint density at radius 1 is 1.17 bits per heavy atom. The van der Waals surface area contributed by atoms with Crippen molar-refractivity contribution in [2.45, 2.75) is 62.3 Å². The standard InChI is InChI=1S/C36H40N2O4/c1-23-8-7-9-24(20-23)12-17-32(40)37(2)28-15-14-27-29-21-26-13-16-31(41-3)34-33(26)36(27,35(28)42-34)18-19-38(29)22-30(39)25-10-5-4-6-11-25/h4-13,16-17,20,27-30,35,39H,14-15,18-19,21-22H2,1-3H3/t27-,28+,29+,30?,35-,36-/m0/s1. The molecule has 218 valence electrons. The Balaban J connectivity index is 1.20. The van der Waals surface area contributed by atoms with Gasteiger partial charge in [0, 0.05) is 36.7 Å². The van der Waals surface area contributed by atoms with Crippen LogP contribution in [0.15, 0.2) is 72.8 Å². The maximum absolute atomic E-state index is 13.5. The molecule has 6 heteroatoms. The van der Waals surface area contributed by atoms with Crippen LogP contribution in [0.1, 0.15) is 53.2 Å². The highest BCUT2D eigenvalue weighted by Gasteiger charge is 2.66. The molecular formula is C36H40N2O4. The van der Waals surface area contributed by atoms with Gasteiger partial charge in [0.05, 0.1) is 19.3 Å². The van der Waals surface area contributed by atoms with Crippen molar-refractivity contribution in [2.75, 3.05) is 27.2 Å². The molecule has 1 amide bonds. The number of piperidine rings is 1. The highest BCUT2D eigenvalue weighted by Crippen LogP contribution is 2.64. The maximum Gasteiger partial charge on any atom is 0.246 e. The van der Waals surface area contributed by atoms with E-state index in [4.69, 9.17) is 9.47 Å². The monoisotopic (exact) mass is 564 g/mol. The van der Waals surface area contributed by atoms with Crippen molar-refractivity contribution in [3.05, 3.63) is 101 Å². The molecule has 2 aliphatic heterocycles. The molecule has 1 saturated heterocycles. The first-order valence-corrected chi connectivity index (χ1v) is 15.3. The van der Waals surface area contributed by atoms with E-state index in [-0.39, 0.29) is 23.5 Å². The third kappa shape index (κ3) is 4.26. The topological polar surface area (TPSA) is 62.2 Å². The van der Waals surface area contributed by atoms with Gasteiger partial charge in [-0.3, -0.25) is 9.69 Å². The molecule has 2 fully saturated rings. The number of aliphatic hydroxyl groups is 1. The molecule has 6 atom stereocenters. The summed E-state index contributed by atoms with van der Waals surface area (Å²) in [5.41, 5.74) is 5.63. The average Bonchev–Trinajstić information content (AvgIpc) is 3.36. The molecule has 2 heterocycles. The Morgan fingerprint density at radius 3 is 2.79 bits per heavy atom. The summed E-state index contributed by atoms with van der Waals surface area (Å²) >= 11 is 0. The smallest absolute Gasteiger partial charge is 0.246 e. The number of ether oxygens (including phenoxy) is 2. The first-order valence-electron chi connectivity index (χ1n) is 15.3. The van der Waals surface area contributed by atoms with Crippen molar-refractivity contribution >= 4 is 12.0 Å². The summed E-state index contributed by atoms with van der Waals surface area (Å²) in [7, 11) is 3.64. The molecule has 1 unspecified atom stereocenters. The third-order valence-corrected chi connectivity index (χ3v) is 10.5. The van der Waals surface area contributed by atoms with Crippen LogP contribution in [0.3, 0.4) is 0 Å². The molecule has 0 aromatic heterocycles. The lowest BCUT2D eigenvalue weighted by Crippen LogP contribution is -2.69.